The Hall–Kier alpha value is -4.26. The molecule has 2 aromatic heterocycles. The summed E-state index contributed by atoms with van der Waals surface area (Å²) in [6.07, 6.45) is 5.83. The molecule has 2 N–H and O–H groups in total. The third kappa shape index (κ3) is 4.84. The van der Waals surface area contributed by atoms with Crippen molar-refractivity contribution in [2.75, 3.05) is 5.32 Å². The van der Waals surface area contributed by atoms with Crippen LogP contribution in [0.5, 0.6) is 11.5 Å². The van der Waals surface area contributed by atoms with Gasteiger partial charge in [-0.1, -0.05) is 6.07 Å². The number of ether oxygens (including phenoxy) is 1. The zero-order valence-electron chi connectivity index (χ0n) is 17.0. The normalized spacial score (nSPS) is 11.0. The molecule has 0 fully saturated rings. The van der Waals surface area contributed by atoms with E-state index in [2.05, 4.69) is 20.3 Å². The predicted molar refractivity (Wildman–Crippen MR) is 120 cm³/mol. The standard InChI is InChI=1S/C24H20N4O3/c1-15-11-18(6-9-22(15)31-19-7-3-16(2)25-13-19)28-24-20-12-17(5-10-23(29)30)4-8-21(20)26-14-27-24/h3-14H,1-2H3,(H,29,30)(H,26,27,28). The molecule has 2 heterocycles. The smallest absolute Gasteiger partial charge is 0.328 e. The van der Waals surface area contributed by atoms with Crippen LogP contribution in [0.3, 0.4) is 0 Å². The predicted octanol–water partition coefficient (Wildman–Crippen LogP) is 5.28. The maximum Gasteiger partial charge on any atom is 0.328 e. The summed E-state index contributed by atoms with van der Waals surface area (Å²) < 4.78 is 5.93. The highest BCUT2D eigenvalue weighted by molar-refractivity contribution is 5.93. The Morgan fingerprint density at radius 1 is 1.03 bits per heavy atom. The van der Waals surface area contributed by atoms with Crippen molar-refractivity contribution in [3.05, 3.63) is 84.0 Å². The molecule has 0 spiro atoms. The lowest BCUT2D eigenvalue weighted by Crippen LogP contribution is -1.97. The number of carboxylic acid groups (broad SMARTS) is 1. The molecule has 0 aliphatic heterocycles. The average Bonchev–Trinajstić information content (AvgIpc) is 2.76. The molecule has 0 aliphatic carbocycles. The van der Waals surface area contributed by atoms with E-state index in [0.717, 1.165) is 45.2 Å². The monoisotopic (exact) mass is 412 g/mol. The van der Waals surface area contributed by atoms with Crippen molar-refractivity contribution in [2.24, 2.45) is 0 Å². The molecular formula is C24H20N4O3. The van der Waals surface area contributed by atoms with Gasteiger partial charge in [0.1, 0.15) is 23.6 Å². The Balaban J connectivity index is 1.59. The van der Waals surface area contributed by atoms with Gasteiger partial charge in [0.2, 0.25) is 0 Å². The lowest BCUT2D eigenvalue weighted by atomic mass is 10.1. The fourth-order valence-electron chi connectivity index (χ4n) is 3.07. The molecule has 0 bridgehead atoms. The fraction of sp³-hybridized carbons (Fsp3) is 0.0833. The first-order chi connectivity index (χ1) is 15.0. The first-order valence-corrected chi connectivity index (χ1v) is 9.62. The van der Waals surface area contributed by atoms with Gasteiger partial charge in [-0.2, -0.15) is 0 Å². The van der Waals surface area contributed by atoms with E-state index in [0.29, 0.717) is 11.6 Å². The van der Waals surface area contributed by atoms with Gasteiger partial charge >= 0.3 is 5.97 Å². The van der Waals surface area contributed by atoms with E-state index in [1.54, 1.807) is 6.20 Å². The number of nitrogens with zero attached hydrogens (tertiary/aromatic N) is 3. The van der Waals surface area contributed by atoms with Crippen LogP contribution >= 0.6 is 0 Å². The molecule has 0 saturated heterocycles. The molecule has 154 valence electrons. The highest BCUT2D eigenvalue weighted by atomic mass is 16.5. The topological polar surface area (TPSA) is 97.2 Å². The third-order valence-corrected chi connectivity index (χ3v) is 4.63. The van der Waals surface area contributed by atoms with Crippen LogP contribution in [-0.2, 0) is 4.79 Å². The van der Waals surface area contributed by atoms with Crippen molar-refractivity contribution in [3.8, 4) is 11.5 Å². The molecular weight excluding hydrogens is 392 g/mol. The number of carboxylic acids is 1. The van der Waals surface area contributed by atoms with Gasteiger partial charge in [0.25, 0.3) is 0 Å². The summed E-state index contributed by atoms with van der Waals surface area (Å²) in [7, 11) is 0. The summed E-state index contributed by atoms with van der Waals surface area (Å²) in [5, 5.41) is 13.0. The van der Waals surface area contributed by atoms with Crippen molar-refractivity contribution in [1.29, 1.82) is 0 Å². The number of hydrogen-bond donors (Lipinski definition) is 2. The Labute approximate surface area is 179 Å². The number of carbonyl (C=O) groups is 1. The maximum atomic E-state index is 10.8. The van der Waals surface area contributed by atoms with E-state index in [-0.39, 0.29) is 0 Å². The molecule has 4 rings (SSSR count). The number of aromatic nitrogens is 3. The molecule has 0 aliphatic rings. The first-order valence-electron chi connectivity index (χ1n) is 9.62. The number of fused-ring (bicyclic) bond motifs is 1. The Morgan fingerprint density at radius 3 is 2.65 bits per heavy atom. The van der Waals surface area contributed by atoms with Gasteiger partial charge in [0.05, 0.1) is 11.7 Å². The molecule has 31 heavy (non-hydrogen) atoms. The summed E-state index contributed by atoms with van der Waals surface area (Å²) in [5.74, 6) is 1.05. The maximum absolute atomic E-state index is 10.8. The number of aliphatic carboxylic acids is 1. The molecule has 0 saturated carbocycles. The molecule has 2 aromatic carbocycles. The van der Waals surface area contributed by atoms with Crippen molar-refractivity contribution in [2.45, 2.75) is 13.8 Å². The van der Waals surface area contributed by atoms with Gasteiger partial charge in [-0.25, -0.2) is 14.8 Å². The minimum absolute atomic E-state index is 0.631. The number of aryl methyl sites for hydroxylation is 2. The lowest BCUT2D eigenvalue weighted by Gasteiger charge is -2.12. The van der Waals surface area contributed by atoms with Gasteiger partial charge in [-0.15, -0.1) is 0 Å². The number of benzene rings is 2. The summed E-state index contributed by atoms with van der Waals surface area (Å²) in [4.78, 5) is 23.7. The second kappa shape index (κ2) is 8.62. The highest BCUT2D eigenvalue weighted by Crippen LogP contribution is 2.30. The van der Waals surface area contributed by atoms with E-state index < -0.39 is 5.97 Å². The van der Waals surface area contributed by atoms with Crippen LogP contribution < -0.4 is 10.1 Å². The number of pyridine rings is 1. The zero-order valence-corrected chi connectivity index (χ0v) is 17.0. The summed E-state index contributed by atoms with van der Waals surface area (Å²) in [6, 6.07) is 15.1. The Morgan fingerprint density at radius 2 is 1.90 bits per heavy atom. The van der Waals surface area contributed by atoms with Crippen LogP contribution in [0, 0.1) is 13.8 Å². The van der Waals surface area contributed by atoms with E-state index >= 15 is 0 Å². The van der Waals surface area contributed by atoms with Gasteiger partial charge in [0.15, 0.2) is 0 Å². The number of rotatable bonds is 6. The van der Waals surface area contributed by atoms with E-state index in [9.17, 15) is 4.79 Å². The molecule has 7 heteroatoms. The lowest BCUT2D eigenvalue weighted by molar-refractivity contribution is -0.131. The molecule has 0 unspecified atom stereocenters. The molecule has 4 aromatic rings. The van der Waals surface area contributed by atoms with Crippen LogP contribution in [0.4, 0.5) is 11.5 Å². The van der Waals surface area contributed by atoms with Crippen molar-refractivity contribution < 1.29 is 14.6 Å². The first kappa shape index (κ1) is 20.0. The SMILES string of the molecule is Cc1ccc(Oc2ccc(Nc3ncnc4ccc(C=CC(=O)O)cc34)cc2C)cn1. The minimum Gasteiger partial charge on any atom is -0.478 e. The van der Waals surface area contributed by atoms with Crippen molar-refractivity contribution in [3.63, 3.8) is 0 Å². The minimum atomic E-state index is -0.998. The van der Waals surface area contributed by atoms with Gasteiger partial charge in [-0.05, 0) is 73.5 Å². The second-order valence-electron chi connectivity index (χ2n) is 7.01. The van der Waals surface area contributed by atoms with Crippen LogP contribution in [0.2, 0.25) is 0 Å². The van der Waals surface area contributed by atoms with Crippen LogP contribution in [0.25, 0.3) is 17.0 Å². The van der Waals surface area contributed by atoms with Gasteiger partial charge < -0.3 is 15.2 Å². The Bertz CT molecular complexity index is 1280. The van der Waals surface area contributed by atoms with Gasteiger partial charge in [0, 0.05) is 22.8 Å². The Kier molecular flexibility index (Phi) is 5.57. The molecule has 0 radical (unpaired) electrons. The number of anilines is 2. The molecule has 7 nitrogen and oxygen atoms in total. The second-order valence-corrected chi connectivity index (χ2v) is 7.01. The van der Waals surface area contributed by atoms with Crippen LogP contribution in [0.1, 0.15) is 16.8 Å². The highest BCUT2D eigenvalue weighted by Gasteiger charge is 2.08. The number of hydrogen-bond acceptors (Lipinski definition) is 6. The molecule has 0 amide bonds. The number of nitrogens with one attached hydrogen (secondary N) is 1. The van der Waals surface area contributed by atoms with Gasteiger partial charge in [-0.3, -0.25) is 4.98 Å². The summed E-state index contributed by atoms with van der Waals surface area (Å²) >= 11 is 0. The summed E-state index contributed by atoms with van der Waals surface area (Å²) in [6.45, 7) is 3.90. The van der Waals surface area contributed by atoms with Crippen LogP contribution in [-0.4, -0.2) is 26.0 Å². The van der Waals surface area contributed by atoms with Crippen molar-refractivity contribution in [1.82, 2.24) is 15.0 Å². The van der Waals surface area contributed by atoms with Crippen LogP contribution in [0.15, 0.2) is 67.1 Å². The van der Waals surface area contributed by atoms with E-state index in [4.69, 9.17) is 9.84 Å². The van der Waals surface area contributed by atoms with Crippen molar-refractivity contribution >= 4 is 34.5 Å². The zero-order chi connectivity index (χ0) is 21.8. The fourth-order valence-corrected chi connectivity index (χ4v) is 3.07. The molecule has 0 atom stereocenters. The quantitative estimate of drug-likeness (QED) is 0.416. The largest absolute Gasteiger partial charge is 0.478 e. The average molecular weight is 412 g/mol. The summed E-state index contributed by atoms with van der Waals surface area (Å²) in [5.41, 5.74) is 4.24. The van der Waals surface area contributed by atoms with E-state index in [1.807, 2.05) is 62.4 Å². The third-order valence-electron chi connectivity index (χ3n) is 4.63. The van der Waals surface area contributed by atoms with E-state index in [1.165, 1.54) is 12.4 Å².